The minimum atomic E-state index is -0.927. The minimum absolute atomic E-state index is 0.157. The number of hydrogen-bond acceptors (Lipinski definition) is 5. The van der Waals surface area contributed by atoms with Crippen molar-refractivity contribution in [2.45, 2.75) is 0 Å². The summed E-state index contributed by atoms with van der Waals surface area (Å²) < 4.78 is 0. The van der Waals surface area contributed by atoms with E-state index >= 15 is 0 Å². The average molecular weight is 196 g/mol. The summed E-state index contributed by atoms with van der Waals surface area (Å²) in [6.07, 6.45) is 3.07. The summed E-state index contributed by atoms with van der Waals surface area (Å²) in [5.41, 5.74) is 0. The molecule has 0 saturated heterocycles. The van der Waals surface area contributed by atoms with Gasteiger partial charge in [0, 0.05) is 14.1 Å². The maximum Gasteiger partial charge on any atom is 0.322 e. The highest BCUT2D eigenvalue weighted by molar-refractivity contribution is 5.72. The van der Waals surface area contributed by atoms with E-state index in [0.29, 0.717) is 5.82 Å². The number of carbonyl (C=O) groups is 1. The summed E-state index contributed by atoms with van der Waals surface area (Å²) >= 11 is 0. The number of rotatable bonds is 4. The van der Waals surface area contributed by atoms with Gasteiger partial charge in [0.05, 0.1) is 12.4 Å². The summed E-state index contributed by atoms with van der Waals surface area (Å²) in [7, 11) is 3.71. The lowest BCUT2D eigenvalue weighted by Gasteiger charge is -2.10. The molecule has 0 aliphatic heterocycles. The van der Waals surface area contributed by atoms with Gasteiger partial charge in [-0.2, -0.15) is 0 Å². The third-order valence-corrected chi connectivity index (χ3v) is 1.52. The van der Waals surface area contributed by atoms with E-state index in [-0.39, 0.29) is 6.54 Å². The molecule has 0 radical (unpaired) electrons. The molecule has 6 nitrogen and oxygen atoms in total. The quantitative estimate of drug-likeness (QED) is 0.707. The van der Waals surface area contributed by atoms with Crippen molar-refractivity contribution in [2.24, 2.45) is 0 Å². The van der Waals surface area contributed by atoms with Gasteiger partial charge in [0.15, 0.2) is 0 Å². The van der Waals surface area contributed by atoms with Crippen LogP contribution >= 0.6 is 0 Å². The van der Waals surface area contributed by atoms with Crippen molar-refractivity contribution in [1.82, 2.24) is 9.97 Å². The van der Waals surface area contributed by atoms with Gasteiger partial charge in [0.25, 0.3) is 0 Å². The van der Waals surface area contributed by atoms with Gasteiger partial charge in [-0.25, -0.2) is 9.97 Å². The second kappa shape index (κ2) is 4.40. The molecule has 0 bridgehead atoms. The fourth-order valence-electron chi connectivity index (χ4n) is 0.810. The zero-order valence-electron chi connectivity index (χ0n) is 8.06. The standard InChI is InChI=1S/C8H12N4O2/c1-12(2)7-4-9-6(3-11-7)10-5-8(13)14/h3-4H,5H2,1-2H3,(H,9,10)(H,13,14). The summed E-state index contributed by atoms with van der Waals surface area (Å²) in [6, 6.07) is 0. The molecule has 0 saturated carbocycles. The van der Waals surface area contributed by atoms with Crippen LogP contribution in [-0.2, 0) is 4.79 Å². The van der Waals surface area contributed by atoms with Gasteiger partial charge in [0.1, 0.15) is 18.2 Å². The van der Waals surface area contributed by atoms with Gasteiger partial charge in [-0.05, 0) is 0 Å². The largest absolute Gasteiger partial charge is 0.480 e. The third kappa shape index (κ3) is 2.89. The first-order valence-corrected chi connectivity index (χ1v) is 4.04. The van der Waals surface area contributed by atoms with E-state index in [9.17, 15) is 4.79 Å². The van der Waals surface area contributed by atoms with Gasteiger partial charge in [-0.3, -0.25) is 4.79 Å². The van der Waals surface area contributed by atoms with Crippen molar-refractivity contribution in [3.63, 3.8) is 0 Å². The van der Waals surface area contributed by atoms with Crippen LogP contribution in [-0.4, -0.2) is 41.7 Å². The van der Waals surface area contributed by atoms with E-state index in [4.69, 9.17) is 5.11 Å². The Morgan fingerprint density at radius 3 is 2.64 bits per heavy atom. The van der Waals surface area contributed by atoms with E-state index in [2.05, 4.69) is 15.3 Å². The van der Waals surface area contributed by atoms with Gasteiger partial charge in [-0.15, -0.1) is 0 Å². The maximum atomic E-state index is 10.2. The molecule has 1 aromatic rings. The Bertz CT molecular complexity index is 310. The summed E-state index contributed by atoms with van der Waals surface area (Å²) in [5.74, 6) is 0.257. The van der Waals surface area contributed by atoms with Crippen LogP contribution in [0.5, 0.6) is 0 Å². The fraction of sp³-hybridized carbons (Fsp3) is 0.375. The van der Waals surface area contributed by atoms with Crippen LogP contribution in [0.2, 0.25) is 0 Å². The van der Waals surface area contributed by atoms with Crippen LogP contribution in [0.15, 0.2) is 12.4 Å². The van der Waals surface area contributed by atoms with Gasteiger partial charge in [0.2, 0.25) is 0 Å². The van der Waals surface area contributed by atoms with Crippen LogP contribution in [0, 0.1) is 0 Å². The molecule has 0 aromatic carbocycles. The van der Waals surface area contributed by atoms with Gasteiger partial charge in [-0.1, -0.05) is 0 Å². The van der Waals surface area contributed by atoms with Crippen LogP contribution in [0.1, 0.15) is 0 Å². The molecule has 0 amide bonds. The van der Waals surface area contributed by atoms with Crippen molar-refractivity contribution in [2.75, 3.05) is 30.9 Å². The number of carboxylic acids is 1. The fourth-order valence-corrected chi connectivity index (χ4v) is 0.810. The molecule has 1 aromatic heterocycles. The Balaban J connectivity index is 2.59. The third-order valence-electron chi connectivity index (χ3n) is 1.52. The number of aromatic nitrogens is 2. The normalized spacial score (nSPS) is 9.57. The lowest BCUT2D eigenvalue weighted by atomic mass is 10.5. The molecule has 0 spiro atoms. The Hall–Kier alpha value is -1.85. The minimum Gasteiger partial charge on any atom is -0.480 e. The van der Waals surface area contributed by atoms with Crippen molar-refractivity contribution in [3.05, 3.63) is 12.4 Å². The molecule has 0 atom stereocenters. The monoisotopic (exact) mass is 196 g/mol. The Labute approximate surface area is 81.6 Å². The lowest BCUT2D eigenvalue weighted by Crippen LogP contribution is -2.15. The van der Waals surface area contributed by atoms with Crippen molar-refractivity contribution < 1.29 is 9.90 Å². The van der Waals surface area contributed by atoms with Crippen LogP contribution in [0.25, 0.3) is 0 Å². The predicted molar refractivity (Wildman–Crippen MR) is 52.5 cm³/mol. The topological polar surface area (TPSA) is 78.4 Å². The number of hydrogen-bond donors (Lipinski definition) is 2. The highest BCUT2D eigenvalue weighted by Crippen LogP contribution is 2.06. The average Bonchev–Trinajstić information content (AvgIpc) is 2.15. The van der Waals surface area contributed by atoms with Crippen LogP contribution in [0.3, 0.4) is 0 Å². The number of nitrogens with one attached hydrogen (secondary N) is 1. The summed E-state index contributed by atoms with van der Waals surface area (Å²) in [5, 5.41) is 11.0. The molecule has 0 fully saturated rings. The maximum absolute atomic E-state index is 10.2. The number of nitrogens with zero attached hydrogens (tertiary/aromatic N) is 3. The van der Waals surface area contributed by atoms with Crippen molar-refractivity contribution in [1.29, 1.82) is 0 Å². The number of anilines is 2. The number of aliphatic carboxylic acids is 1. The van der Waals surface area contributed by atoms with Crippen molar-refractivity contribution in [3.8, 4) is 0 Å². The van der Waals surface area contributed by atoms with E-state index in [1.807, 2.05) is 19.0 Å². The molecular formula is C8H12N4O2. The second-order valence-corrected chi connectivity index (χ2v) is 2.90. The predicted octanol–water partition coefficient (Wildman–Crippen LogP) is 0.0391. The van der Waals surface area contributed by atoms with Crippen molar-refractivity contribution >= 4 is 17.6 Å². The molecule has 0 aliphatic carbocycles. The molecule has 76 valence electrons. The lowest BCUT2D eigenvalue weighted by molar-refractivity contribution is -0.134. The van der Waals surface area contributed by atoms with E-state index in [1.54, 1.807) is 6.20 Å². The molecule has 0 aliphatic rings. The van der Waals surface area contributed by atoms with Gasteiger partial charge < -0.3 is 15.3 Å². The number of carboxylic acid groups (broad SMARTS) is 1. The summed E-state index contributed by atoms with van der Waals surface area (Å²) in [4.78, 5) is 20.1. The van der Waals surface area contributed by atoms with Crippen LogP contribution < -0.4 is 10.2 Å². The van der Waals surface area contributed by atoms with Crippen LogP contribution in [0.4, 0.5) is 11.6 Å². The highest BCUT2D eigenvalue weighted by Gasteiger charge is 2.00. The molecule has 1 rings (SSSR count). The zero-order valence-corrected chi connectivity index (χ0v) is 8.06. The Morgan fingerprint density at radius 1 is 1.50 bits per heavy atom. The molecule has 0 unspecified atom stereocenters. The Morgan fingerprint density at radius 2 is 2.21 bits per heavy atom. The highest BCUT2D eigenvalue weighted by atomic mass is 16.4. The van der Waals surface area contributed by atoms with E-state index < -0.39 is 5.97 Å². The molecular weight excluding hydrogens is 184 g/mol. The molecule has 2 N–H and O–H groups in total. The SMILES string of the molecule is CN(C)c1cnc(NCC(=O)O)cn1. The van der Waals surface area contributed by atoms with E-state index in [0.717, 1.165) is 5.82 Å². The van der Waals surface area contributed by atoms with Gasteiger partial charge >= 0.3 is 5.97 Å². The molecule has 6 heteroatoms. The Kier molecular flexibility index (Phi) is 3.22. The first-order chi connectivity index (χ1) is 6.59. The molecule has 14 heavy (non-hydrogen) atoms. The first-order valence-electron chi connectivity index (χ1n) is 4.04. The van der Waals surface area contributed by atoms with E-state index in [1.165, 1.54) is 6.20 Å². The first kappa shape index (κ1) is 10.2. The smallest absolute Gasteiger partial charge is 0.322 e. The summed E-state index contributed by atoms with van der Waals surface area (Å²) in [6.45, 7) is -0.157. The second-order valence-electron chi connectivity index (χ2n) is 2.90. The molecule has 1 heterocycles. The zero-order chi connectivity index (χ0) is 10.6.